The lowest BCUT2D eigenvalue weighted by Gasteiger charge is -2.21. The molecule has 0 atom stereocenters. The molecule has 0 saturated carbocycles. The molecule has 0 N–H and O–H groups in total. The molecule has 4 aromatic rings. The molecule has 0 fully saturated rings. The van der Waals surface area contributed by atoms with Gasteiger partial charge in [0, 0.05) is 6.20 Å². The molecular weight excluding hydrogens is 443 g/mol. The zero-order valence-corrected chi connectivity index (χ0v) is 17.9. The van der Waals surface area contributed by atoms with E-state index < -0.39 is 11.7 Å². The molecule has 1 amide bonds. The second-order valence-corrected chi connectivity index (χ2v) is 8.66. The number of halogens is 3. The summed E-state index contributed by atoms with van der Waals surface area (Å²) in [6, 6.07) is 17.4. The van der Waals surface area contributed by atoms with Gasteiger partial charge in [0.05, 0.1) is 32.2 Å². The number of alkyl halides is 3. The van der Waals surface area contributed by atoms with Crippen LogP contribution in [0.15, 0.2) is 71.9 Å². The van der Waals surface area contributed by atoms with E-state index in [1.807, 2.05) is 55.5 Å². The number of carbonyl (C=O) groups excluding carboxylic acids is 1. The summed E-state index contributed by atoms with van der Waals surface area (Å²) in [7, 11) is 0. The average molecular weight is 460 g/mol. The van der Waals surface area contributed by atoms with Crippen LogP contribution in [0.3, 0.4) is 0 Å². The number of hydrogen-bond acceptors (Lipinski definition) is 5. The topological polar surface area (TPSA) is 46.1 Å². The predicted octanol–water partition coefficient (Wildman–Crippen LogP) is 6.48. The SMILES string of the molecule is Cc1ccccc1N(C(=O)CSc1ccc(C(F)(F)F)cn1)c1nc2ccccc2s1. The molecule has 0 unspecified atom stereocenters. The number of hydrogen-bond donors (Lipinski definition) is 0. The Morgan fingerprint density at radius 3 is 2.48 bits per heavy atom. The van der Waals surface area contributed by atoms with Gasteiger partial charge in [-0.25, -0.2) is 9.97 Å². The van der Waals surface area contributed by atoms with E-state index in [9.17, 15) is 18.0 Å². The number of nitrogens with zero attached hydrogens (tertiary/aromatic N) is 3. The standard InChI is InChI=1S/C22H16F3N3OS2/c1-14-6-2-4-8-17(14)28(21-27-16-7-3-5-9-18(16)31-21)20(29)13-30-19-11-10-15(12-26-19)22(23,24)25/h2-12H,13H2,1H3. The summed E-state index contributed by atoms with van der Waals surface area (Å²) in [6.45, 7) is 1.91. The highest BCUT2D eigenvalue weighted by Crippen LogP contribution is 2.36. The highest BCUT2D eigenvalue weighted by molar-refractivity contribution is 7.99. The summed E-state index contributed by atoms with van der Waals surface area (Å²) in [4.78, 5) is 23.3. The Labute approximate surface area is 184 Å². The maximum Gasteiger partial charge on any atom is 0.417 e. The number of thioether (sulfide) groups is 1. The summed E-state index contributed by atoms with van der Waals surface area (Å²) in [6.07, 6.45) is -3.67. The van der Waals surface area contributed by atoms with Gasteiger partial charge in [-0.2, -0.15) is 13.2 Å². The molecular formula is C22H16F3N3OS2. The molecule has 0 radical (unpaired) electrons. The van der Waals surface area contributed by atoms with Gasteiger partial charge in [-0.3, -0.25) is 9.69 Å². The van der Waals surface area contributed by atoms with Crippen LogP contribution in [-0.2, 0) is 11.0 Å². The molecule has 0 aliphatic carbocycles. The Bertz CT molecular complexity index is 1190. The first-order valence-electron chi connectivity index (χ1n) is 9.23. The average Bonchev–Trinajstić information content (AvgIpc) is 3.17. The minimum atomic E-state index is -4.44. The van der Waals surface area contributed by atoms with E-state index in [0.29, 0.717) is 15.8 Å². The number of para-hydroxylation sites is 2. The fraction of sp³-hybridized carbons (Fsp3) is 0.136. The van der Waals surface area contributed by atoms with E-state index in [-0.39, 0.29) is 11.7 Å². The maximum atomic E-state index is 13.2. The second-order valence-electron chi connectivity index (χ2n) is 6.65. The van der Waals surface area contributed by atoms with Gasteiger partial charge >= 0.3 is 6.18 Å². The summed E-state index contributed by atoms with van der Waals surface area (Å²) >= 11 is 2.49. The molecule has 0 spiro atoms. The lowest BCUT2D eigenvalue weighted by atomic mass is 10.2. The molecule has 0 bridgehead atoms. The maximum absolute atomic E-state index is 13.2. The molecule has 2 aromatic heterocycles. The Kier molecular flexibility index (Phi) is 5.97. The van der Waals surface area contributed by atoms with Gasteiger partial charge in [0.1, 0.15) is 0 Å². The van der Waals surface area contributed by atoms with Crippen LogP contribution in [0.2, 0.25) is 0 Å². The van der Waals surface area contributed by atoms with Gasteiger partial charge in [0.2, 0.25) is 5.91 Å². The molecule has 4 rings (SSSR count). The predicted molar refractivity (Wildman–Crippen MR) is 118 cm³/mol. The highest BCUT2D eigenvalue weighted by atomic mass is 32.2. The summed E-state index contributed by atoms with van der Waals surface area (Å²) in [5.41, 5.74) is 1.60. The number of aromatic nitrogens is 2. The third kappa shape index (κ3) is 4.72. The fourth-order valence-electron chi connectivity index (χ4n) is 2.95. The number of aryl methyl sites for hydroxylation is 1. The van der Waals surface area contributed by atoms with E-state index in [1.54, 1.807) is 4.90 Å². The lowest BCUT2D eigenvalue weighted by molar-refractivity contribution is -0.137. The van der Waals surface area contributed by atoms with Crippen molar-refractivity contribution in [2.24, 2.45) is 0 Å². The van der Waals surface area contributed by atoms with Crippen molar-refractivity contribution in [2.75, 3.05) is 10.7 Å². The fourth-order valence-corrected chi connectivity index (χ4v) is 4.64. The quantitative estimate of drug-likeness (QED) is 0.321. The molecule has 158 valence electrons. The number of benzene rings is 2. The van der Waals surface area contributed by atoms with Crippen LogP contribution in [0.1, 0.15) is 11.1 Å². The minimum Gasteiger partial charge on any atom is -0.273 e. The smallest absolute Gasteiger partial charge is 0.273 e. The van der Waals surface area contributed by atoms with Crippen LogP contribution < -0.4 is 4.90 Å². The van der Waals surface area contributed by atoms with Crippen molar-refractivity contribution >= 4 is 50.0 Å². The van der Waals surface area contributed by atoms with Crippen LogP contribution in [0.5, 0.6) is 0 Å². The van der Waals surface area contributed by atoms with Crippen LogP contribution in [0.25, 0.3) is 10.2 Å². The first-order chi connectivity index (χ1) is 14.8. The molecule has 2 heterocycles. The number of anilines is 2. The molecule has 4 nitrogen and oxygen atoms in total. The zero-order valence-electron chi connectivity index (χ0n) is 16.3. The van der Waals surface area contributed by atoms with E-state index in [0.717, 1.165) is 39.8 Å². The largest absolute Gasteiger partial charge is 0.417 e. The first-order valence-corrected chi connectivity index (χ1v) is 11.0. The highest BCUT2D eigenvalue weighted by Gasteiger charge is 2.30. The van der Waals surface area contributed by atoms with Crippen molar-refractivity contribution < 1.29 is 18.0 Å². The molecule has 0 aliphatic heterocycles. The van der Waals surface area contributed by atoms with Crippen LogP contribution in [0.4, 0.5) is 24.0 Å². The van der Waals surface area contributed by atoms with Crippen molar-refractivity contribution in [1.82, 2.24) is 9.97 Å². The minimum absolute atomic E-state index is 0.00260. The van der Waals surface area contributed by atoms with Gasteiger partial charge < -0.3 is 0 Å². The number of fused-ring (bicyclic) bond motifs is 1. The van der Waals surface area contributed by atoms with E-state index >= 15 is 0 Å². The molecule has 2 aromatic carbocycles. The Balaban J connectivity index is 1.61. The Morgan fingerprint density at radius 1 is 1.06 bits per heavy atom. The normalized spacial score (nSPS) is 11.6. The van der Waals surface area contributed by atoms with Crippen LogP contribution in [0, 0.1) is 6.92 Å². The van der Waals surface area contributed by atoms with E-state index in [2.05, 4.69) is 9.97 Å². The third-order valence-corrected chi connectivity index (χ3v) is 6.44. The number of amides is 1. The van der Waals surface area contributed by atoms with Crippen molar-refractivity contribution in [1.29, 1.82) is 0 Å². The van der Waals surface area contributed by atoms with Crippen molar-refractivity contribution in [3.63, 3.8) is 0 Å². The summed E-state index contributed by atoms with van der Waals surface area (Å²) < 4.78 is 39.1. The van der Waals surface area contributed by atoms with Crippen molar-refractivity contribution in [3.05, 3.63) is 78.0 Å². The molecule has 0 saturated heterocycles. The number of thiazole rings is 1. The van der Waals surface area contributed by atoms with Gasteiger partial charge in [0.15, 0.2) is 5.13 Å². The number of pyridine rings is 1. The monoisotopic (exact) mass is 459 g/mol. The van der Waals surface area contributed by atoms with Crippen LogP contribution >= 0.6 is 23.1 Å². The summed E-state index contributed by atoms with van der Waals surface area (Å²) in [5.74, 6) is -0.233. The van der Waals surface area contributed by atoms with E-state index in [4.69, 9.17) is 0 Å². The zero-order chi connectivity index (χ0) is 22.0. The molecule has 9 heteroatoms. The van der Waals surface area contributed by atoms with Crippen molar-refractivity contribution in [2.45, 2.75) is 18.1 Å². The molecule has 0 aliphatic rings. The number of carbonyl (C=O) groups is 1. The summed E-state index contributed by atoms with van der Waals surface area (Å²) in [5, 5.41) is 0.886. The Hall–Kier alpha value is -2.91. The van der Waals surface area contributed by atoms with Crippen molar-refractivity contribution in [3.8, 4) is 0 Å². The van der Waals surface area contributed by atoms with E-state index in [1.165, 1.54) is 17.4 Å². The van der Waals surface area contributed by atoms with Gasteiger partial charge in [-0.15, -0.1) is 0 Å². The number of rotatable bonds is 5. The second kappa shape index (κ2) is 8.68. The Morgan fingerprint density at radius 2 is 1.81 bits per heavy atom. The van der Waals surface area contributed by atoms with Gasteiger partial charge in [-0.05, 0) is 42.8 Å². The van der Waals surface area contributed by atoms with Gasteiger partial charge in [-0.1, -0.05) is 53.4 Å². The molecule has 31 heavy (non-hydrogen) atoms. The van der Waals surface area contributed by atoms with Gasteiger partial charge in [0.25, 0.3) is 0 Å². The third-order valence-electron chi connectivity index (χ3n) is 4.49. The first kappa shape index (κ1) is 21.3. The lowest BCUT2D eigenvalue weighted by Crippen LogP contribution is -2.28. The van der Waals surface area contributed by atoms with Crippen LogP contribution in [-0.4, -0.2) is 21.6 Å².